The number of amides is 2. The van der Waals surface area contributed by atoms with Crippen molar-refractivity contribution in [1.29, 1.82) is 0 Å². The summed E-state index contributed by atoms with van der Waals surface area (Å²) in [6.07, 6.45) is 1.56. The third kappa shape index (κ3) is 5.65. The zero-order chi connectivity index (χ0) is 21.3. The second-order valence-corrected chi connectivity index (χ2v) is 9.85. The van der Waals surface area contributed by atoms with Gasteiger partial charge in [0.05, 0.1) is 11.3 Å². The molecule has 1 aromatic rings. The van der Waals surface area contributed by atoms with Crippen molar-refractivity contribution < 1.29 is 22.4 Å². The van der Waals surface area contributed by atoms with E-state index < -0.39 is 21.9 Å². The summed E-state index contributed by atoms with van der Waals surface area (Å²) in [5.74, 6) is -1.06. The quantitative estimate of drug-likeness (QED) is 0.678. The topological polar surface area (TPSA) is 98.8 Å². The van der Waals surface area contributed by atoms with Gasteiger partial charge in [-0.3, -0.25) is 14.5 Å². The molecule has 2 aliphatic rings. The predicted molar refractivity (Wildman–Crippen MR) is 106 cm³/mol. The summed E-state index contributed by atoms with van der Waals surface area (Å²) in [5, 5.41) is 2.71. The molecule has 1 aromatic carbocycles. The Morgan fingerprint density at radius 2 is 2.03 bits per heavy atom. The van der Waals surface area contributed by atoms with Gasteiger partial charge in [0.2, 0.25) is 21.8 Å². The summed E-state index contributed by atoms with van der Waals surface area (Å²) in [6, 6.07) is 3.14. The second-order valence-electron chi connectivity index (χ2n) is 7.66. The summed E-state index contributed by atoms with van der Waals surface area (Å²) in [5.41, 5.74) is 0.780. The fraction of sp³-hybridized carbons (Fsp3) is 0.556. The van der Waals surface area contributed by atoms with E-state index >= 15 is 0 Å². The standard InChI is InChI=1S/C18H24ClFN4O4S/c1-11(25)21-17-10-23(7-12-3-4-16(20)15(19)5-12)9-14-6-13(22-29(2,27)28)8-24(14)18(17)26/h3-5,13-14,17,22H,6-10H2,1-2H3,(H,21,25)/t13-,14-,17-/m0/s1. The molecule has 8 nitrogen and oxygen atoms in total. The Bertz CT molecular complexity index is 913. The molecule has 0 aromatic heterocycles. The molecular weight excluding hydrogens is 423 g/mol. The number of carbonyl (C=O) groups is 2. The van der Waals surface area contributed by atoms with Gasteiger partial charge in [0.15, 0.2) is 0 Å². The fourth-order valence-electron chi connectivity index (χ4n) is 4.03. The molecule has 0 radical (unpaired) electrons. The lowest BCUT2D eigenvalue weighted by molar-refractivity contribution is -0.135. The molecule has 2 N–H and O–H groups in total. The Kier molecular flexibility index (Phi) is 6.47. The van der Waals surface area contributed by atoms with Crippen molar-refractivity contribution in [1.82, 2.24) is 19.8 Å². The Labute approximate surface area is 174 Å². The molecular formula is C18H24ClFN4O4S. The van der Waals surface area contributed by atoms with Gasteiger partial charge in [-0.05, 0) is 24.1 Å². The summed E-state index contributed by atoms with van der Waals surface area (Å²) in [4.78, 5) is 28.3. The molecule has 2 saturated heterocycles. The average molecular weight is 447 g/mol. The van der Waals surface area contributed by atoms with Crippen LogP contribution in [0.1, 0.15) is 18.9 Å². The Morgan fingerprint density at radius 3 is 2.66 bits per heavy atom. The normalized spacial score (nSPS) is 25.6. The van der Waals surface area contributed by atoms with E-state index in [2.05, 4.69) is 10.0 Å². The molecule has 0 bridgehead atoms. The smallest absolute Gasteiger partial charge is 0.246 e. The molecule has 3 rings (SSSR count). The van der Waals surface area contributed by atoms with Crippen LogP contribution in [0.3, 0.4) is 0 Å². The first-order valence-corrected chi connectivity index (χ1v) is 11.5. The minimum Gasteiger partial charge on any atom is -0.343 e. The minimum atomic E-state index is -3.40. The van der Waals surface area contributed by atoms with Gasteiger partial charge in [-0.15, -0.1) is 0 Å². The SMILES string of the molecule is CC(=O)N[C@H]1CN(Cc2ccc(F)c(Cl)c2)C[C@@H]2C[C@H](NS(C)(=O)=O)CN2C1=O. The number of rotatable bonds is 5. The molecule has 2 aliphatic heterocycles. The third-order valence-electron chi connectivity index (χ3n) is 5.05. The number of sulfonamides is 1. The van der Waals surface area contributed by atoms with Crippen LogP contribution in [0.5, 0.6) is 0 Å². The van der Waals surface area contributed by atoms with Crippen LogP contribution >= 0.6 is 11.6 Å². The number of nitrogens with one attached hydrogen (secondary N) is 2. The monoisotopic (exact) mass is 446 g/mol. The van der Waals surface area contributed by atoms with Crippen molar-refractivity contribution in [3.05, 3.63) is 34.6 Å². The Hall–Kier alpha value is -1.75. The highest BCUT2D eigenvalue weighted by molar-refractivity contribution is 7.88. The zero-order valence-electron chi connectivity index (χ0n) is 16.2. The number of hydrogen-bond acceptors (Lipinski definition) is 5. The predicted octanol–water partition coefficient (Wildman–Crippen LogP) is 0.318. The minimum absolute atomic E-state index is 0.0201. The van der Waals surface area contributed by atoms with Gasteiger partial charge < -0.3 is 10.2 Å². The zero-order valence-corrected chi connectivity index (χ0v) is 17.8. The maximum Gasteiger partial charge on any atom is 0.246 e. The van der Waals surface area contributed by atoms with Crippen molar-refractivity contribution >= 4 is 33.4 Å². The van der Waals surface area contributed by atoms with Gasteiger partial charge in [0.1, 0.15) is 11.9 Å². The van der Waals surface area contributed by atoms with E-state index in [1.54, 1.807) is 11.0 Å². The number of benzene rings is 1. The van der Waals surface area contributed by atoms with Gasteiger partial charge in [-0.1, -0.05) is 17.7 Å². The van der Waals surface area contributed by atoms with Crippen LogP contribution in [0.2, 0.25) is 5.02 Å². The van der Waals surface area contributed by atoms with E-state index in [-0.39, 0.29) is 35.5 Å². The first-order valence-electron chi connectivity index (χ1n) is 9.23. The number of hydrogen-bond donors (Lipinski definition) is 2. The molecule has 2 heterocycles. The molecule has 0 aliphatic carbocycles. The van der Waals surface area contributed by atoms with E-state index in [1.807, 2.05) is 4.90 Å². The summed E-state index contributed by atoms with van der Waals surface area (Å²) in [7, 11) is -3.40. The van der Waals surface area contributed by atoms with E-state index in [1.165, 1.54) is 19.1 Å². The van der Waals surface area contributed by atoms with E-state index in [0.717, 1.165) is 11.8 Å². The van der Waals surface area contributed by atoms with Gasteiger partial charge in [0, 0.05) is 45.2 Å². The molecule has 11 heteroatoms. The molecule has 0 saturated carbocycles. The van der Waals surface area contributed by atoms with Crippen LogP contribution in [0, 0.1) is 5.82 Å². The van der Waals surface area contributed by atoms with Crippen LogP contribution in [-0.2, 0) is 26.2 Å². The lowest BCUT2D eigenvalue weighted by Gasteiger charge is -2.25. The molecule has 2 amide bonds. The number of carbonyl (C=O) groups excluding carboxylic acids is 2. The Morgan fingerprint density at radius 1 is 1.31 bits per heavy atom. The van der Waals surface area contributed by atoms with Gasteiger partial charge in [0.25, 0.3) is 0 Å². The highest BCUT2D eigenvalue weighted by Crippen LogP contribution is 2.25. The number of nitrogens with zero attached hydrogens (tertiary/aromatic N) is 2. The maximum atomic E-state index is 13.5. The average Bonchev–Trinajstić information content (AvgIpc) is 2.91. The number of halogens is 2. The molecule has 3 atom stereocenters. The molecule has 0 spiro atoms. The summed E-state index contributed by atoms with van der Waals surface area (Å²) in [6.45, 7) is 2.81. The molecule has 160 valence electrons. The number of fused-ring (bicyclic) bond motifs is 1. The van der Waals surface area contributed by atoms with Crippen molar-refractivity contribution in [2.45, 2.75) is 38.0 Å². The summed E-state index contributed by atoms with van der Waals surface area (Å²) >= 11 is 5.88. The van der Waals surface area contributed by atoms with Crippen LogP contribution in [0.15, 0.2) is 18.2 Å². The molecule has 0 unspecified atom stereocenters. The molecule has 29 heavy (non-hydrogen) atoms. The first-order chi connectivity index (χ1) is 13.5. The molecule has 2 fully saturated rings. The fourth-order valence-corrected chi connectivity index (χ4v) is 5.01. The van der Waals surface area contributed by atoms with Crippen molar-refractivity contribution in [2.24, 2.45) is 0 Å². The summed E-state index contributed by atoms with van der Waals surface area (Å²) < 4.78 is 39.2. The van der Waals surface area contributed by atoms with Crippen molar-refractivity contribution in [3.63, 3.8) is 0 Å². The van der Waals surface area contributed by atoms with E-state index in [0.29, 0.717) is 26.1 Å². The van der Waals surface area contributed by atoms with Crippen LogP contribution in [0.4, 0.5) is 4.39 Å². The van der Waals surface area contributed by atoms with Crippen molar-refractivity contribution in [2.75, 3.05) is 25.9 Å². The first kappa shape index (κ1) is 21.9. The van der Waals surface area contributed by atoms with Crippen LogP contribution in [-0.4, -0.2) is 74.0 Å². The van der Waals surface area contributed by atoms with Crippen LogP contribution in [0.25, 0.3) is 0 Å². The van der Waals surface area contributed by atoms with Crippen molar-refractivity contribution in [3.8, 4) is 0 Å². The maximum absolute atomic E-state index is 13.5. The van der Waals surface area contributed by atoms with E-state index in [4.69, 9.17) is 11.6 Å². The highest BCUT2D eigenvalue weighted by atomic mass is 35.5. The Balaban J connectivity index is 1.81. The van der Waals surface area contributed by atoms with Gasteiger partial charge >= 0.3 is 0 Å². The van der Waals surface area contributed by atoms with Gasteiger partial charge in [-0.25, -0.2) is 17.5 Å². The van der Waals surface area contributed by atoms with Gasteiger partial charge in [-0.2, -0.15) is 0 Å². The van der Waals surface area contributed by atoms with E-state index in [9.17, 15) is 22.4 Å². The largest absolute Gasteiger partial charge is 0.343 e. The second kappa shape index (κ2) is 8.55. The van der Waals surface area contributed by atoms with Crippen LogP contribution < -0.4 is 10.0 Å². The lowest BCUT2D eigenvalue weighted by Crippen LogP contribution is -2.51. The highest BCUT2D eigenvalue weighted by Gasteiger charge is 2.42. The lowest BCUT2D eigenvalue weighted by atomic mass is 10.1. The third-order valence-corrected chi connectivity index (χ3v) is 6.10.